The van der Waals surface area contributed by atoms with E-state index in [1.54, 1.807) is 6.07 Å². The fraction of sp³-hybridized carbons (Fsp3) is 0.643. The van der Waals surface area contributed by atoms with Gasteiger partial charge in [-0.25, -0.2) is 0 Å². The maximum atomic E-state index is 11.3. The standard InChI is InChI=1S/C14H20N2O/c1-9(10-5-6-10)15-12-3-2-4-13-11(12)7-8-14(17)16-13/h7-10,12,15H,2-6H2,1H3,(H,16,17). The number of pyridine rings is 1. The van der Waals surface area contributed by atoms with E-state index in [1.165, 1.54) is 31.2 Å². The van der Waals surface area contributed by atoms with Crippen molar-refractivity contribution in [2.75, 3.05) is 0 Å². The van der Waals surface area contributed by atoms with Gasteiger partial charge in [-0.3, -0.25) is 4.79 Å². The first kappa shape index (κ1) is 11.0. The number of hydrogen-bond acceptors (Lipinski definition) is 2. The second kappa shape index (κ2) is 4.30. The Labute approximate surface area is 102 Å². The smallest absolute Gasteiger partial charge is 0.248 e. The molecule has 0 saturated heterocycles. The van der Waals surface area contributed by atoms with Crippen molar-refractivity contribution in [2.24, 2.45) is 5.92 Å². The maximum absolute atomic E-state index is 11.3. The molecule has 1 aromatic heterocycles. The Bertz CT molecular complexity index is 462. The third kappa shape index (κ3) is 2.29. The molecule has 92 valence electrons. The van der Waals surface area contributed by atoms with Crippen LogP contribution in [0.5, 0.6) is 0 Å². The number of rotatable bonds is 3. The van der Waals surface area contributed by atoms with E-state index >= 15 is 0 Å². The summed E-state index contributed by atoms with van der Waals surface area (Å²) in [4.78, 5) is 14.3. The number of aromatic amines is 1. The quantitative estimate of drug-likeness (QED) is 0.838. The fourth-order valence-corrected chi connectivity index (χ4v) is 2.92. The summed E-state index contributed by atoms with van der Waals surface area (Å²) in [5, 5.41) is 3.73. The average molecular weight is 232 g/mol. The van der Waals surface area contributed by atoms with Crippen molar-refractivity contribution in [1.29, 1.82) is 0 Å². The van der Waals surface area contributed by atoms with Gasteiger partial charge in [0.1, 0.15) is 0 Å². The summed E-state index contributed by atoms with van der Waals surface area (Å²) in [5.74, 6) is 0.878. The number of nitrogens with one attached hydrogen (secondary N) is 2. The minimum absolute atomic E-state index is 0.0274. The van der Waals surface area contributed by atoms with Crippen LogP contribution < -0.4 is 10.9 Å². The summed E-state index contributed by atoms with van der Waals surface area (Å²) in [7, 11) is 0. The van der Waals surface area contributed by atoms with E-state index in [4.69, 9.17) is 0 Å². The highest BCUT2D eigenvalue weighted by atomic mass is 16.1. The van der Waals surface area contributed by atoms with Crippen LogP contribution in [0.25, 0.3) is 0 Å². The van der Waals surface area contributed by atoms with Gasteiger partial charge in [0.15, 0.2) is 0 Å². The van der Waals surface area contributed by atoms with Crippen LogP contribution in [0.2, 0.25) is 0 Å². The second-order valence-electron chi connectivity index (χ2n) is 5.49. The van der Waals surface area contributed by atoms with Crippen LogP contribution in [-0.2, 0) is 6.42 Å². The van der Waals surface area contributed by atoms with E-state index in [1.807, 2.05) is 6.07 Å². The van der Waals surface area contributed by atoms with E-state index in [0.29, 0.717) is 12.1 Å². The highest BCUT2D eigenvalue weighted by molar-refractivity contribution is 5.26. The monoisotopic (exact) mass is 232 g/mol. The Balaban J connectivity index is 1.80. The Morgan fingerprint density at radius 1 is 1.35 bits per heavy atom. The molecule has 0 aliphatic heterocycles. The molecule has 1 fully saturated rings. The van der Waals surface area contributed by atoms with Crippen LogP contribution in [0.1, 0.15) is 49.9 Å². The lowest BCUT2D eigenvalue weighted by atomic mass is 9.90. The Morgan fingerprint density at radius 2 is 2.18 bits per heavy atom. The molecule has 2 aliphatic carbocycles. The maximum Gasteiger partial charge on any atom is 0.248 e. The number of fused-ring (bicyclic) bond motifs is 1. The largest absolute Gasteiger partial charge is 0.326 e. The minimum Gasteiger partial charge on any atom is -0.326 e. The van der Waals surface area contributed by atoms with Gasteiger partial charge in [0, 0.05) is 23.8 Å². The molecule has 1 heterocycles. The van der Waals surface area contributed by atoms with Gasteiger partial charge >= 0.3 is 0 Å². The zero-order chi connectivity index (χ0) is 11.8. The van der Waals surface area contributed by atoms with E-state index in [9.17, 15) is 4.79 Å². The van der Waals surface area contributed by atoms with Gasteiger partial charge in [-0.05, 0) is 50.5 Å². The molecular weight excluding hydrogens is 212 g/mol. The summed E-state index contributed by atoms with van der Waals surface area (Å²) >= 11 is 0. The lowest BCUT2D eigenvalue weighted by Gasteiger charge is -2.29. The van der Waals surface area contributed by atoms with Crippen molar-refractivity contribution in [3.63, 3.8) is 0 Å². The molecule has 1 saturated carbocycles. The molecule has 0 spiro atoms. The Kier molecular flexibility index (Phi) is 2.79. The van der Waals surface area contributed by atoms with Gasteiger partial charge < -0.3 is 10.3 Å². The Morgan fingerprint density at radius 3 is 2.94 bits per heavy atom. The number of aryl methyl sites for hydroxylation is 1. The van der Waals surface area contributed by atoms with Gasteiger partial charge in [0.25, 0.3) is 0 Å². The molecule has 0 amide bonds. The second-order valence-corrected chi connectivity index (χ2v) is 5.49. The van der Waals surface area contributed by atoms with Crippen molar-refractivity contribution in [1.82, 2.24) is 10.3 Å². The molecule has 0 aromatic carbocycles. The lowest BCUT2D eigenvalue weighted by molar-refractivity contribution is 0.382. The van der Waals surface area contributed by atoms with Crippen molar-refractivity contribution in [3.05, 3.63) is 33.7 Å². The first-order valence-corrected chi connectivity index (χ1v) is 6.72. The Hall–Kier alpha value is -1.09. The molecule has 1 aromatic rings. The van der Waals surface area contributed by atoms with Crippen LogP contribution in [0.15, 0.2) is 16.9 Å². The molecule has 3 heteroatoms. The minimum atomic E-state index is 0.0274. The third-order valence-electron chi connectivity index (χ3n) is 4.12. The topological polar surface area (TPSA) is 44.9 Å². The normalized spacial score (nSPS) is 25.4. The summed E-state index contributed by atoms with van der Waals surface area (Å²) < 4.78 is 0. The average Bonchev–Trinajstić information content (AvgIpc) is 3.12. The molecule has 2 atom stereocenters. The van der Waals surface area contributed by atoms with Crippen molar-refractivity contribution in [3.8, 4) is 0 Å². The summed E-state index contributed by atoms with van der Waals surface area (Å²) in [6.45, 7) is 2.29. The van der Waals surface area contributed by atoms with Crippen LogP contribution in [0, 0.1) is 5.92 Å². The van der Waals surface area contributed by atoms with E-state index in [0.717, 1.165) is 18.0 Å². The molecule has 17 heavy (non-hydrogen) atoms. The van der Waals surface area contributed by atoms with Gasteiger partial charge in [-0.15, -0.1) is 0 Å². The number of hydrogen-bond donors (Lipinski definition) is 2. The number of aromatic nitrogens is 1. The molecule has 0 bridgehead atoms. The SMILES string of the molecule is CC(NC1CCCc2[nH]c(=O)ccc21)C1CC1. The number of H-pyrrole nitrogens is 1. The van der Waals surface area contributed by atoms with Crippen molar-refractivity contribution in [2.45, 2.75) is 51.1 Å². The highest BCUT2D eigenvalue weighted by Crippen LogP contribution is 2.35. The van der Waals surface area contributed by atoms with E-state index in [2.05, 4.69) is 17.2 Å². The predicted octanol–water partition coefficient (Wildman–Crippen LogP) is 2.14. The van der Waals surface area contributed by atoms with Crippen molar-refractivity contribution >= 4 is 0 Å². The zero-order valence-corrected chi connectivity index (χ0v) is 10.3. The molecule has 2 unspecified atom stereocenters. The van der Waals surface area contributed by atoms with Crippen LogP contribution in [0.3, 0.4) is 0 Å². The first-order chi connectivity index (χ1) is 8.24. The molecule has 3 nitrogen and oxygen atoms in total. The van der Waals surface area contributed by atoms with Gasteiger partial charge in [0.05, 0.1) is 0 Å². The zero-order valence-electron chi connectivity index (χ0n) is 10.3. The van der Waals surface area contributed by atoms with Crippen LogP contribution in [-0.4, -0.2) is 11.0 Å². The van der Waals surface area contributed by atoms with E-state index in [-0.39, 0.29) is 5.56 Å². The molecular formula is C14H20N2O. The predicted molar refractivity (Wildman–Crippen MR) is 68.1 cm³/mol. The first-order valence-electron chi connectivity index (χ1n) is 6.72. The molecule has 3 rings (SSSR count). The molecule has 2 N–H and O–H groups in total. The van der Waals surface area contributed by atoms with Gasteiger partial charge in [-0.2, -0.15) is 0 Å². The summed E-state index contributed by atoms with van der Waals surface area (Å²) in [6, 6.07) is 4.70. The lowest BCUT2D eigenvalue weighted by Crippen LogP contribution is -2.34. The van der Waals surface area contributed by atoms with E-state index < -0.39 is 0 Å². The van der Waals surface area contributed by atoms with Gasteiger partial charge in [-0.1, -0.05) is 6.07 Å². The van der Waals surface area contributed by atoms with Crippen LogP contribution >= 0.6 is 0 Å². The van der Waals surface area contributed by atoms with Crippen LogP contribution in [0.4, 0.5) is 0 Å². The third-order valence-corrected chi connectivity index (χ3v) is 4.12. The molecule has 0 radical (unpaired) electrons. The van der Waals surface area contributed by atoms with Crippen molar-refractivity contribution < 1.29 is 0 Å². The summed E-state index contributed by atoms with van der Waals surface area (Å²) in [5.41, 5.74) is 2.48. The summed E-state index contributed by atoms with van der Waals surface area (Å²) in [6.07, 6.45) is 6.12. The van der Waals surface area contributed by atoms with Gasteiger partial charge in [0.2, 0.25) is 5.56 Å². The fourth-order valence-electron chi connectivity index (χ4n) is 2.92. The molecule has 2 aliphatic rings. The highest BCUT2D eigenvalue weighted by Gasteiger charge is 2.30.